The van der Waals surface area contributed by atoms with E-state index in [2.05, 4.69) is 20.9 Å². The molecule has 9 heteroatoms. The van der Waals surface area contributed by atoms with E-state index in [9.17, 15) is 9.59 Å². The molecule has 1 heterocycles. The number of aryl methyl sites for hydroxylation is 1. The number of amides is 3. The Hall–Kier alpha value is -2.81. The number of ether oxygens (including phenoxy) is 2. The van der Waals surface area contributed by atoms with Crippen LogP contribution in [-0.4, -0.2) is 37.2 Å². The van der Waals surface area contributed by atoms with Gasteiger partial charge in [-0.2, -0.15) is 0 Å². The molecule has 1 aromatic carbocycles. The van der Waals surface area contributed by atoms with Gasteiger partial charge in [-0.05, 0) is 31.4 Å². The number of benzene rings is 1. The lowest BCUT2D eigenvalue weighted by Gasteiger charge is -2.22. The Labute approximate surface area is 180 Å². The second-order valence-corrected chi connectivity index (χ2v) is 8.05. The molecule has 1 aliphatic carbocycles. The Morgan fingerprint density at radius 3 is 2.67 bits per heavy atom. The van der Waals surface area contributed by atoms with Crippen molar-refractivity contribution in [3.63, 3.8) is 0 Å². The van der Waals surface area contributed by atoms with E-state index in [4.69, 9.17) is 9.47 Å². The molecule has 1 saturated carbocycles. The van der Waals surface area contributed by atoms with E-state index < -0.39 is 0 Å². The van der Waals surface area contributed by atoms with Gasteiger partial charge >= 0.3 is 6.03 Å². The van der Waals surface area contributed by atoms with Crippen molar-refractivity contribution in [2.24, 2.45) is 0 Å². The molecule has 30 heavy (non-hydrogen) atoms. The first-order valence-electron chi connectivity index (χ1n) is 10.1. The van der Waals surface area contributed by atoms with Crippen LogP contribution in [0, 0.1) is 0 Å². The van der Waals surface area contributed by atoms with Gasteiger partial charge in [-0.25, -0.2) is 9.78 Å². The second kappa shape index (κ2) is 10.8. The fourth-order valence-corrected chi connectivity index (χ4v) is 4.15. The number of nitrogens with one attached hydrogen (secondary N) is 3. The molecule has 0 saturated heterocycles. The Morgan fingerprint density at radius 2 is 1.93 bits per heavy atom. The normalized spacial score (nSPS) is 14.1. The van der Waals surface area contributed by atoms with E-state index in [1.54, 1.807) is 32.4 Å². The third-order valence-corrected chi connectivity index (χ3v) is 5.81. The van der Waals surface area contributed by atoms with Crippen LogP contribution in [-0.2, 0) is 11.2 Å². The number of hydrogen-bond donors (Lipinski definition) is 3. The summed E-state index contributed by atoms with van der Waals surface area (Å²) < 4.78 is 10.5. The number of nitrogens with zero attached hydrogens (tertiary/aromatic N) is 1. The molecule has 0 bridgehead atoms. The zero-order chi connectivity index (χ0) is 21.3. The third-order valence-electron chi connectivity index (χ3n) is 5.00. The van der Waals surface area contributed by atoms with Crippen LogP contribution in [0.25, 0.3) is 0 Å². The van der Waals surface area contributed by atoms with Gasteiger partial charge in [-0.1, -0.05) is 19.3 Å². The Morgan fingerprint density at radius 1 is 1.13 bits per heavy atom. The van der Waals surface area contributed by atoms with E-state index in [-0.39, 0.29) is 24.4 Å². The van der Waals surface area contributed by atoms with Gasteiger partial charge in [0.1, 0.15) is 11.5 Å². The zero-order valence-electron chi connectivity index (χ0n) is 17.3. The first kappa shape index (κ1) is 21.9. The number of carbonyl (C=O) groups excluding carboxylic acids is 2. The summed E-state index contributed by atoms with van der Waals surface area (Å²) in [6, 6.07) is 5.25. The minimum absolute atomic E-state index is 0.154. The fraction of sp³-hybridized carbons (Fsp3) is 0.476. The topological polar surface area (TPSA) is 102 Å². The number of carbonyl (C=O) groups is 2. The van der Waals surface area contributed by atoms with Crippen molar-refractivity contribution >= 4 is 34.1 Å². The summed E-state index contributed by atoms with van der Waals surface area (Å²) in [5.74, 6) is 1.04. The van der Waals surface area contributed by atoms with Gasteiger partial charge in [0.2, 0.25) is 5.91 Å². The quantitative estimate of drug-likeness (QED) is 0.581. The molecule has 0 radical (unpaired) electrons. The first-order chi connectivity index (χ1) is 14.6. The lowest BCUT2D eigenvalue weighted by molar-refractivity contribution is -0.116. The molecular formula is C21H28N4O4S. The predicted molar refractivity (Wildman–Crippen MR) is 118 cm³/mol. The lowest BCUT2D eigenvalue weighted by Crippen LogP contribution is -2.38. The third kappa shape index (κ3) is 6.35. The van der Waals surface area contributed by atoms with Crippen LogP contribution in [0.5, 0.6) is 11.5 Å². The molecule has 3 amide bonds. The minimum atomic E-state index is -0.217. The number of hydrogen-bond acceptors (Lipinski definition) is 6. The number of rotatable bonds is 8. The van der Waals surface area contributed by atoms with Crippen molar-refractivity contribution in [2.45, 2.75) is 51.0 Å². The number of urea groups is 1. The highest BCUT2D eigenvalue weighted by Crippen LogP contribution is 2.29. The average Bonchev–Trinajstić information content (AvgIpc) is 3.20. The largest absolute Gasteiger partial charge is 0.497 e. The smallest absolute Gasteiger partial charge is 0.321 e. The Bertz CT molecular complexity index is 864. The fourth-order valence-electron chi connectivity index (χ4n) is 3.41. The number of anilines is 2. The van der Waals surface area contributed by atoms with E-state index in [1.807, 2.05) is 5.38 Å². The molecule has 1 aliphatic rings. The van der Waals surface area contributed by atoms with Gasteiger partial charge in [0.25, 0.3) is 0 Å². The maximum atomic E-state index is 12.3. The molecule has 3 N–H and O–H groups in total. The number of thiazole rings is 1. The van der Waals surface area contributed by atoms with Gasteiger partial charge in [-0.15, -0.1) is 11.3 Å². The molecule has 1 fully saturated rings. The highest BCUT2D eigenvalue weighted by atomic mass is 32.1. The molecule has 0 spiro atoms. The van der Waals surface area contributed by atoms with Crippen LogP contribution >= 0.6 is 11.3 Å². The van der Waals surface area contributed by atoms with Crippen LogP contribution in [0.4, 0.5) is 15.6 Å². The molecule has 1 aromatic heterocycles. The Kier molecular flexibility index (Phi) is 7.89. The van der Waals surface area contributed by atoms with E-state index >= 15 is 0 Å². The Balaban J connectivity index is 1.46. The highest BCUT2D eigenvalue weighted by molar-refractivity contribution is 7.13. The van der Waals surface area contributed by atoms with Crippen LogP contribution in [0.1, 0.15) is 44.2 Å². The number of aromatic nitrogens is 1. The molecule has 8 nitrogen and oxygen atoms in total. The van der Waals surface area contributed by atoms with Crippen LogP contribution in [0.3, 0.4) is 0 Å². The van der Waals surface area contributed by atoms with Crippen molar-refractivity contribution < 1.29 is 19.1 Å². The van der Waals surface area contributed by atoms with Crippen LogP contribution in [0.2, 0.25) is 0 Å². The maximum Gasteiger partial charge on any atom is 0.321 e. The van der Waals surface area contributed by atoms with Crippen molar-refractivity contribution in [3.05, 3.63) is 29.3 Å². The average molecular weight is 433 g/mol. The van der Waals surface area contributed by atoms with Crippen molar-refractivity contribution in [1.29, 1.82) is 0 Å². The van der Waals surface area contributed by atoms with Crippen LogP contribution in [0.15, 0.2) is 23.6 Å². The van der Waals surface area contributed by atoms with Crippen molar-refractivity contribution in [2.75, 3.05) is 24.9 Å². The van der Waals surface area contributed by atoms with Crippen molar-refractivity contribution in [3.8, 4) is 11.5 Å². The molecule has 162 valence electrons. The molecular weight excluding hydrogens is 404 g/mol. The molecule has 0 aliphatic heterocycles. The van der Waals surface area contributed by atoms with Gasteiger partial charge in [-0.3, -0.25) is 10.1 Å². The summed E-state index contributed by atoms with van der Waals surface area (Å²) in [5.41, 5.74) is 1.32. The zero-order valence-corrected chi connectivity index (χ0v) is 18.1. The summed E-state index contributed by atoms with van der Waals surface area (Å²) in [4.78, 5) is 28.9. The summed E-state index contributed by atoms with van der Waals surface area (Å²) in [6.07, 6.45) is 6.37. The predicted octanol–water partition coefficient (Wildman–Crippen LogP) is 4.19. The van der Waals surface area contributed by atoms with Crippen LogP contribution < -0.4 is 25.4 Å². The van der Waals surface area contributed by atoms with Gasteiger partial charge < -0.3 is 20.1 Å². The monoisotopic (exact) mass is 432 g/mol. The molecule has 3 rings (SSSR count). The van der Waals surface area contributed by atoms with Crippen molar-refractivity contribution in [1.82, 2.24) is 10.3 Å². The van der Waals surface area contributed by atoms with E-state index in [0.29, 0.717) is 28.7 Å². The molecule has 0 unspecified atom stereocenters. The first-order valence-corrected chi connectivity index (χ1v) is 11.0. The molecule has 0 atom stereocenters. The molecule has 2 aromatic rings. The standard InChI is InChI=1S/C21H28N4O4S/c1-28-16-9-10-18(29-2)17(12-16)24-19(26)11-8-15-13-30-21(23-15)25-20(27)22-14-6-4-3-5-7-14/h9-10,12-14H,3-8,11H2,1-2H3,(H,24,26)(H2,22,23,25,27). The summed E-state index contributed by atoms with van der Waals surface area (Å²) >= 11 is 1.36. The maximum absolute atomic E-state index is 12.3. The summed E-state index contributed by atoms with van der Waals surface area (Å²) in [6.45, 7) is 0. The minimum Gasteiger partial charge on any atom is -0.497 e. The van der Waals surface area contributed by atoms with Gasteiger partial charge in [0.05, 0.1) is 25.6 Å². The second-order valence-electron chi connectivity index (χ2n) is 7.19. The summed E-state index contributed by atoms with van der Waals surface area (Å²) in [7, 11) is 3.11. The van der Waals surface area contributed by atoms with Gasteiger partial charge in [0, 0.05) is 23.9 Å². The SMILES string of the molecule is COc1ccc(OC)c(NC(=O)CCc2csc(NC(=O)NC3CCCCC3)n2)c1. The number of methoxy groups -OCH3 is 2. The summed E-state index contributed by atoms with van der Waals surface area (Å²) in [5, 5.41) is 11.0. The lowest BCUT2D eigenvalue weighted by atomic mass is 9.96. The highest BCUT2D eigenvalue weighted by Gasteiger charge is 2.16. The van der Waals surface area contributed by atoms with Gasteiger partial charge in [0.15, 0.2) is 5.13 Å². The van der Waals surface area contributed by atoms with E-state index in [1.165, 1.54) is 17.8 Å². The van der Waals surface area contributed by atoms with E-state index in [0.717, 1.165) is 31.4 Å².